The van der Waals surface area contributed by atoms with Gasteiger partial charge in [0.25, 0.3) is 5.91 Å². The Morgan fingerprint density at radius 3 is 2.43 bits per heavy atom. The number of aliphatic imine (C=N–C) groups is 1. The van der Waals surface area contributed by atoms with Crippen molar-refractivity contribution in [2.45, 2.75) is 5.41 Å². The molecule has 3 aliphatic rings. The number of amidine groups is 1. The number of nitrogens with zero attached hydrogens (tertiary/aromatic N) is 3. The largest absolute Gasteiger partial charge is 0.386 e. The van der Waals surface area contributed by atoms with E-state index in [4.69, 9.17) is 5.73 Å². The van der Waals surface area contributed by atoms with Crippen LogP contribution in [0.1, 0.15) is 5.56 Å². The van der Waals surface area contributed by atoms with Crippen molar-refractivity contribution in [3.05, 3.63) is 29.8 Å². The number of nitrogens with two attached hydrogens (primary N) is 1. The summed E-state index contributed by atoms with van der Waals surface area (Å²) in [6, 6.07) is 10.5. The van der Waals surface area contributed by atoms with Crippen LogP contribution < -0.4 is 11.1 Å². The third-order valence-electron chi connectivity index (χ3n) is 4.81. The van der Waals surface area contributed by atoms with Crippen molar-refractivity contribution in [2.75, 3.05) is 5.32 Å². The zero-order chi connectivity index (χ0) is 15.0. The molecule has 2 amide bonds. The SMILES string of the molecule is N#C[C@]12C(=O)N=C(N)[C@]1(C#N)[C@@]21C(=O)Nc2ccccc21. The van der Waals surface area contributed by atoms with Crippen molar-refractivity contribution < 1.29 is 9.59 Å². The minimum Gasteiger partial charge on any atom is -0.386 e. The van der Waals surface area contributed by atoms with Gasteiger partial charge in [0.2, 0.25) is 5.91 Å². The lowest BCUT2D eigenvalue weighted by atomic mass is 9.85. The number of nitriles is 2. The molecule has 3 N–H and O–H groups in total. The van der Waals surface area contributed by atoms with E-state index in [1.54, 1.807) is 24.3 Å². The van der Waals surface area contributed by atoms with E-state index in [9.17, 15) is 20.1 Å². The third kappa shape index (κ3) is 0.735. The summed E-state index contributed by atoms with van der Waals surface area (Å²) in [5.41, 5.74) is 1.52. The van der Waals surface area contributed by atoms with Crippen LogP contribution in [0.3, 0.4) is 0 Å². The van der Waals surface area contributed by atoms with Crippen molar-refractivity contribution in [3.63, 3.8) is 0 Å². The van der Waals surface area contributed by atoms with Gasteiger partial charge in [0.05, 0.1) is 12.1 Å². The molecule has 0 aromatic heterocycles. The van der Waals surface area contributed by atoms with E-state index in [0.717, 1.165) is 0 Å². The van der Waals surface area contributed by atoms with Crippen LogP contribution in [0, 0.1) is 33.5 Å². The molecule has 1 spiro atoms. The zero-order valence-electron chi connectivity index (χ0n) is 10.5. The summed E-state index contributed by atoms with van der Waals surface area (Å²) in [6.45, 7) is 0. The predicted octanol–water partition coefficient (Wildman–Crippen LogP) is -0.193. The molecule has 21 heavy (non-hydrogen) atoms. The third-order valence-corrected chi connectivity index (χ3v) is 4.81. The van der Waals surface area contributed by atoms with Crippen LogP contribution in [0.4, 0.5) is 5.69 Å². The maximum atomic E-state index is 12.6. The molecule has 0 radical (unpaired) electrons. The van der Waals surface area contributed by atoms with E-state index in [1.165, 1.54) is 0 Å². The van der Waals surface area contributed by atoms with Crippen molar-refractivity contribution >= 4 is 23.3 Å². The summed E-state index contributed by atoms with van der Waals surface area (Å²) < 4.78 is 0. The number of hydrogen-bond donors (Lipinski definition) is 2. The Labute approximate surface area is 118 Å². The van der Waals surface area contributed by atoms with E-state index in [2.05, 4.69) is 10.3 Å². The molecule has 0 unspecified atom stereocenters. The van der Waals surface area contributed by atoms with Gasteiger partial charge in [0.1, 0.15) is 11.3 Å². The normalized spacial score (nSPS) is 38.1. The number of benzene rings is 1. The van der Waals surface area contributed by atoms with Crippen LogP contribution in [0.25, 0.3) is 0 Å². The standard InChI is InChI=1S/C14H7N5O2/c15-5-12-9(17)19-10(20)13(12,6-16)14(12)7-3-1-2-4-8(7)18-11(14)21/h1-4H,(H,18,21)(H2,17,19,20)/t12-,13-,14+/m0/s1. The number of para-hydroxylation sites is 1. The first-order valence-corrected chi connectivity index (χ1v) is 6.17. The van der Waals surface area contributed by atoms with Gasteiger partial charge in [0.15, 0.2) is 10.8 Å². The van der Waals surface area contributed by atoms with Gasteiger partial charge in [-0.2, -0.15) is 15.5 Å². The molecule has 2 heterocycles. The Bertz CT molecular complexity index is 876. The molecule has 7 nitrogen and oxygen atoms in total. The number of hydrogen-bond acceptors (Lipinski definition) is 5. The van der Waals surface area contributed by atoms with Crippen molar-refractivity contribution in [1.82, 2.24) is 0 Å². The Balaban J connectivity index is 2.15. The smallest absolute Gasteiger partial charge is 0.271 e. The minimum absolute atomic E-state index is 0.261. The summed E-state index contributed by atoms with van der Waals surface area (Å²) >= 11 is 0. The van der Waals surface area contributed by atoms with Crippen molar-refractivity contribution in [3.8, 4) is 12.1 Å². The number of rotatable bonds is 0. The molecule has 4 rings (SSSR count). The number of anilines is 1. The Kier molecular flexibility index (Phi) is 1.63. The summed E-state index contributed by atoms with van der Waals surface area (Å²) in [5, 5.41) is 21.9. The lowest BCUT2D eigenvalue weighted by Crippen LogP contribution is -2.36. The highest BCUT2D eigenvalue weighted by Crippen LogP contribution is 2.82. The highest BCUT2D eigenvalue weighted by atomic mass is 16.2. The van der Waals surface area contributed by atoms with Gasteiger partial charge in [-0.3, -0.25) is 9.59 Å². The van der Waals surface area contributed by atoms with Gasteiger partial charge in [-0.25, -0.2) is 0 Å². The average molecular weight is 277 g/mol. The highest BCUT2D eigenvalue weighted by molar-refractivity contribution is 6.30. The number of nitrogens with one attached hydrogen (secondary N) is 1. The van der Waals surface area contributed by atoms with Gasteiger partial charge in [-0.15, -0.1) is 0 Å². The van der Waals surface area contributed by atoms with E-state index in [0.29, 0.717) is 11.3 Å². The van der Waals surface area contributed by atoms with E-state index in [1.807, 2.05) is 12.1 Å². The van der Waals surface area contributed by atoms with Crippen LogP contribution in [0.5, 0.6) is 0 Å². The van der Waals surface area contributed by atoms with Crippen LogP contribution in [0.15, 0.2) is 29.3 Å². The molecular weight excluding hydrogens is 270 g/mol. The summed E-state index contributed by atoms with van der Waals surface area (Å²) in [7, 11) is 0. The van der Waals surface area contributed by atoms with Crippen LogP contribution in [-0.4, -0.2) is 17.6 Å². The first-order chi connectivity index (χ1) is 10.0. The molecule has 1 aromatic carbocycles. The monoisotopic (exact) mass is 277 g/mol. The Hall–Kier alpha value is -3.19. The Morgan fingerprint density at radius 1 is 1.14 bits per heavy atom. The molecule has 0 bridgehead atoms. The second-order valence-electron chi connectivity index (χ2n) is 5.28. The molecule has 2 aliphatic heterocycles. The first-order valence-electron chi connectivity index (χ1n) is 6.17. The topological polar surface area (TPSA) is 132 Å². The van der Waals surface area contributed by atoms with E-state index >= 15 is 0 Å². The van der Waals surface area contributed by atoms with Crippen LogP contribution in [0.2, 0.25) is 0 Å². The fraction of sp³-hybridized carbons (Fsp3) is 0.214. The Morgan fingerprint density at radius 2 is 1.81 bits per heavy atom. The lowest BCUT2D eigenvalue weighted by molar-refractivity contribution is -0.125. The minimum atomic E-state index is -1.87. The lowest BCUT2D eigenvalue weighted by Gasteiger charge is -2.14. The zero-order valence-corrected chi connectivity index (χ0v) is 10.5. The maximum Gasteiger partial charge on any atom is 0.271 e. The van der Waals surface area contributed by atoms with E-state index in [-0.39, 0.29) is 5.84 Å². The summed E-state index contributed by atoms with van der Waals surface area (Å²) in [5.74, 6) is -1.64. The molecule has 1 aliphatic carbocycles. The second kappa shape index (κ2) is 2.94. The number of fused-ring (bicyclic) bond motifs is 5. The number of carbonyl (C=O) groups excluding carboxylic acids is 2. The molecule has 1 fully saturated rings. The summed E-state index contributed by atoms with van der Waals surface area (Å²) in [4.78, 5) is 28.4. The fourth-order valence-corrected chi connectivity index (χ4v) is 3.99. The molecular formula is C14H7N5O2. The molecule has 3 atom stereocenters. The molecule has 100 valence electrons. The van der Waals surface area contributed by atoms with Gasteiger partial charge >= 0.3 is 0 Å². The molecule has 7 heteroatoms. The summed E-state index contributed by atoms with van der Waals surface area (Å²) in [6.07, 6.45) is 0. The fourth-order valence-electron chi connectivity index (χ4n) is 3.99. The van der Waals surface area contributed by atoms with Gasteiger partial charge in [-0.1, -0.05) is 18.2 Å². The predicted molar refractivity (Wildman–Crippen MR) is 69.5 cm³/mol. The van der Waals surface area contributed by atoms with Gasteiger partial charge < -0.3 is 11.1 Å². The number of carbonyl (C=O) groups is 2. The maximum absolute atomic E-state index is 12.6. The van der Waals surface area contributed by atoms with Gasteiger partial charge in [-0.05, 0) is 11.6 Å². The van der Waals surface area contributed by atoms with E-state index < -0.39 is 28.1 Å². The van der Waals surface area contributed by atoms with Gasteiger partial charge in [0, 0.05) is 5.69 Å². The molecule has 1 saturated carbocycles. The van der Waals surface area contributed by atoms with Crippen LogP contribution >= 0.6 is 0 Å². The molecule has 0 saturated heterocycles. The van der Waals surface area contributed by atoms with Crippen molar-refractivity contribution in [2.24, 2.45) is 21.6 Å². The highest BCUT2D eigenvalue weighted by Gasteiger charge is 3.01. The number of amides is 2. The molecule has 1 aromatic rings. The first kappa shape index (κ1) is 11.6. The average Bonchev–Trinajstić information content (AvgIpc) is 2.82. The van der Waals surface area contributed by atoms with Crippen LogP contribution in [-0.2, 0) is 15.0 Å². The second-order valence-corrected chi connectivity index (χ2v) is 5.28. The quantitative estimate of drug-likeness (QED) is 0.678. The van der Waals surface area contributed by atoms with Crippen molar-refractivity contribution in [1.29, 1.82) is 10.5 Å².